The van der Waals surface area contributed by atoms with Gasteiger partial charge in [0.2, 0.25) is 5.91 Å². The molecule has 1 saturated carbocycles. The van der Waals surface area contributed by atoms with E-state index in [2.05, 4.69) is 5.32 Å². The average Bonchev–Trinajstić information content (AvgIpc) is 2.85. The Morgan fingerprint density at radius 3 is 2.86 bits per heavy atom. The van der Waals surface area contributed by atoms with Gasteiger partial charge in [-0.15, -0.1) is 12.4 Å². The van der Waals surface area contributed by atoms with Crippen LogP contribution in [-0.4, -0.2) is 19.1 Å². The molecule has 6 heteroatoms. The number of methoxy groups -OCH3 is 1. The molecule has 0 unspecified atom stereocenters. The Kier molecular flexibility index (Phi) is 7.79. The largest absolute Gasteiger partial charge is 0.380 e. The first kappa shape index (κ1) is 18.9. The Hall–Kier alpha value is -1.17. The molecule has 0 aromatic heterocycles. The summed E-state index contributed by atoms with van der Waals surface area (Å²) in [6.45, 7) is 0.627. The number of rotatable bonds is 6. The van der Waals surface area contributed by atoms with Crippen LogP contribution in [0.3, 0.4) is 0 Å². The van der Waals surface area contributed by atoms with Crippen LogP contribution < -0.4 is 11.1 Å². The van der Waals surface area contributed by atoms with Gasteiger partial charge in [0.05, 0.1) is 6.61 Å². The number of amides is 1. The van der Waals surface area contributed by atoms with Gasteiger partial charge in [0.25, 0.3) is 0 Å². The number of nitrogens with one attached hydrogen (secondary N) is 1. The van der Waals surface area contributed by atoms with Crippen molar-refractivity contribution < 1.29 is 13.9 Å². The van der Waals surface area contributed by atoms with Gasteiger partial charge in [-0.05, 0) is 36.5 Å². The van der Waals surface area contributed by atoms with Gasteiger partial charge in [-0.2, -0.15) is 0 Å². The number of carbonyl (C=O) groups is 1. The normalized spacial score (nSPS) is 20.5. The average molecular weight is 331 g/mol. The van der Waals surface area contributed by atoms with E-state index in [0.29, 0.717) is 24.4 Å². The van der Waals surface area contributed by atoms with Crippen LogP contribution in [0.15, 0.2) is 18.2 Å². The first-order chi connectivity index (χ1) is 10.1. The molecule has 2 rings (SSSR count). The van der Waals surface area contributed by atoms with Crippen molar-refractivity contribution >= 4 is 18.3 Å². The van der Waals surface area contributed by atoms with Gasteiger partial charge < -0.3 is 15.8 Å². The Balaban J connectivity index is 0.00000242. The Morgan fingerprint density at radius 2 is 2.23 bits per heavy atom. The van der Waals surface area contributed by atoms with Crippen LogP contribution in [0.5, 0.6) is 0 Å². The molecule has 2 atom stereocenters. The zero-order chi connectivity index (χ0) is 15.2. The smallest absolute Gasteiger partial charge is 0.220 e. The molecule has 1 amide bonds. The number of benzene rings is 1. The molecule has 1 aromatic carbocycles. The molecule has 0 aliphatic heterocycles. The van der Waals surface area contributed by atoms with Crippen molar-refractivity contribution in [1.82, 2.24) is 5.32 Å². The zero-order valence-corrected chi connectivity index (χ0v) is 13.6. The third-order valence-electron chi connectivity index (χ3n) is 4.07. The molecule has 1 aromatic rings. The Labute approximate surface area is 137 Å². The van der Waals surface area contributed by atoms with Gasteiger partial charge in [0.15, 0.2) is 0 Å². The second-order valence-electron chi connectivity index (χ2n) is 5.69. The standard InChI is InChI=1S/C16H23FN2O2.ClH/c1-21-10-13-7-11(5-6-14(13)17)9-19-16(20)8-12-3-2-4-15(12)18;/h5-7,12,15H,2-4,8-10,18H2,1H3,(H,19,20);1H/t12-,15+;/m0./s1. The maximum Gasteiger partial charge on any atom is 0.220 e. The van der Waals surface area contributed by atoms with Gasteiger partial charge in [0, 0.05) is 31.7 Å². The molecule has 0 spiro atoms. The topological polar surface area (TPSA) is 64.3 Å². The lowest BCUT2D eigenvalue weighted by Gasteiger charge is -2.15. The number of carbonyl (C=O) groups excluding carboxylic acids is 1. The summed E-state index contributed by atoms with van der Waals surface area (Å²) in [6.07, 6.45) is 3.63. The summed E-state index contributed by atoms with van der Waals surface area (Å²) in [4.78, 5) is 11.9. The van der Waals surface area contributed by atoms with Crippen molar-refractivity contribution in [2.75, 3.05) is 7.11 Å². The molecule has 0 bridgehead atoms. The predicted molar refractivity (Wildman–Crippen MR) is 86.1 cm³/mol. The van der Waals surface area contributed by atoms with Gasteiger partial charge >= 0.3 is 0 Å². The summed E-state index contributed by atoms with van der Waals surface area (Å²) in [5.41, 5.74) is 7.34. The second kappa shape index (κ2) is 9.08. The monoisotopic (exact) mass is 330 g/mol. The van der Waals surface area contributed by atoms with Gasteiger partial charge in [-0.25, -0.2) is 4.39 Å². The maximum atomic E-state index is 13.5. The molecule has 4 nitrogen and oxygen atoms in total. The van der Waals surface area contributed by atoms with Gasteiger partial charge in [-0.1, -0.05) is 12.5 Å². The first-order valence-corrected chi connectivity index (χ1v) is 7.38. The van der Waals surface area contributed by atoms with Crippen molar-refractivity contribution in [1.29, 1.82) is 0 Å². The lowest BCUT2D eigenvalue weighted by molar-refractivity contribution is -0.122. The van der Waals surface area contributed by atoms with Crippen molar-refractivity contribution in [3.63, 3.8) is 0 Å². The highest BCUT2D eigenvalue weighted by Crippen LogP contribution is 2.26. The Morgan fingerprint density at radius 1 is 1.45 bits per heavy atom. The Bertz CT molecular complexity index is 499. The fourth-order valence-electron chi connectivity index (χ4n) is 2.83. The lowest BCUT2D eigenvalue weighted by Crippen LogP contribution is -2.31. The molecule has 124 valence electrons. The fraction of sp³-hybridized carbons (Fsp3) is 0.562. The van der Waals surface area contributed by atoms with E-state index in [-0.39, 0.29) is 36.8 Å². The third kappa shape index (κ3) is 5.23. The number of halogens is 2. The second-order valence-corrected chi connectivity index (χ2v) is 5.69. The molecule has 0 saturated heterocycles. The maximum absolute atomic E-state index is 13.5. The highest BCUT2D eigenvalue weighted by Gasteiger charge is 2.25. The van der Waals surface area contributed by atoms with Gasteiger partial charge in [-0.3, -0.25) is 4.79 Å². The van der Waals surface area contributed by atoms with E-state index < -0.39 is 0 Å². The van der Waals surface area contributed by atoms with Crippen LogP contribution in [0.1, 0.15) is 36.8 Å². The minimum absolute atomic E-state index is 0. The summed E-state index contributed by atoms with van der Waals surface area (Å²) >= 11 is 0. The van der Waals surface area contributed by atoms with Crippen molar-refractivity contribution in [2.45, 2.75) is 44.9 Å². The number of hydrogen-bond acceptors (Lipinski definition) is 3. The molecular weight excluding hydrogens is 307 g/mol. The fourth-order valence-corrected chi connectivity index (χ4v) is 2.83. The van der Waals surface area contributed by atoms with Crippen LogP contribution in [-0.2, 0) is 22.7 Å². The minimum Gasteiger partial charge on any atom is -0.380 e. The van der Waals surface area contributed by atoms with E-state index in [9.17, 15) is 9.18 Å². The van der Waals surface area contributed by atoms with Crippen molar-refractivity contribution in [2.24, 2.45) is 11.7 Å². The summed E-state index contributed by atoms with van der Waals surface area (Å²) in [5.74, 6) is 0.0149. The molecule has 1 aliphatic carbocycles. The van der Waals surface area contributed by atoms with Crippen LogP contribution in [0.25, 0.3) is 0 Å². The van der Waals surface area contributed by atoms with Gasteiger partial charge in [0.1, 0.15) is 5.82 Å². The van der Waals surface area contributed by atoms with E-state index in [0.717, 1.165) is 24.8 Å². The minimum atomic E-state index is -0.288. The van der Waals surface area contributed by atoms with E-state index in [1.807, 2.05) is 0 Å². The molecule has 1 aliphatic rings. The molecule has 0 radical (unpaired) electrons. The number of ether oxygens (including phenoxy) is 1. The summed E-state index contributed by atoms with van der Waals surface area (Å²) in [6, 6.07) is 4.95. The molecular formula is C16H24ClFN2O2. The highest BCUT2D eigenvalue weighted by molar-refractivity contribution is 5.85. The molecule has 1 fully saturated rings. The first-order valence-electron chi connectivity index (χ1n) is 7.38. The SMILES string of the molecule is COCc1cc(CNC(=O)C[C@@H]2CCC[C@H]2N)ccc1F.Cl. The lowest BCUT2D eigenvalue weighted by atomic mass is 10.00. The predicted octanol–water partition coefficient (Wildman–Crippen LogP) is 2.53. The van der Waals surface area contributed by atoms with Crippen LogP contribution >= 0.6 is 12.4 Å². The third-order valence-corrected chi connectivity index (χ3v) is 4.07. The number of nitrogens with two attached hydrogens (primary N) is 1. The van der Waals surface area contributed by atoms with Crippen molar-refractivity contribution in [3.05, 3.63) is 35.1 Å². The molecule has 3 N–H and O–H groups in total. The zero-order valence-electron chi connectivity index (χ0n) is 12.8. The van der Waals surface area contributed by atoms with Crippen LogP contribution in [0, 0.1) is 11.7 Å². The summed E-state index contributed by atoms with van der Waals surface area (Å²) < 4.78 is 18.4. The van der Waals surface area contributed by atoms with E-state index in [1.165, 1.54) is 13.2 Å². The number of hydrogen-bond donors (Lipinski definition) is 2. The van der Waals surface area contributed by atoms with E-state index in [1.54, 1.807) is 12.1 Å². The van der Waals surface area contributed by atoms with E-state index >= 15 is 0 Å². The van der Waals surface area contributed by atoms with E-state index in [4.69, 9.17) is 10.5 Å². The molecule has 22 heavy (non-hydrogen) atoms. The van der Waals surface area contributed by atoms with Crippen molar-refractivity contribution in [3.8, 4) is 0 Å². The quantitative estimate of drug-likeness (QED) is 0.842. The summed E-state index contributed by atoms with van der Waals surface area (Å²) in [5, 5.41) is 2.88. The van der Waals surface area contributed by atoms with Crippen LogP contribution in [0.4, 0.5) is 4.39 Å². The highest BCUT2D eigenvalue weighted by atomic mass is 35.5. The molecule has 0 heterocycles. The summed E-state index contributed by atoms with van der Waals surface area (Å²) in [7, 11) is 1.53. The van der Waals surface area contributed by atoms with Crippen LogP contribution in [0.2, 0.25) is 0 Å².